The third-order valence-corrected chi connectivity index (χ3v) is 1.55. The van der Waals surface area contributed by atoms with Crippen molar-refractivity contribution in [2.75, 3.05) is 13.3 Å². The lowest BCUT2D eigenvalue weighted by Gasteiger charge is -2.12. The third kappa shape index (κ3) is 6.38. The Bertz CT molecular complexity index is 176. The Morgan fingerprint density at radius 1 is 1.00 bits per heavy atom. The molecule has 0 aliphatic heterocycles. The summed E-state index contributed by atoms with van der Waals surface area (Å²) in [6, 6.07) is 0. The van der Waals surface area contributed by atoms with Crippen LogP contribution in [0.5, 0.6) is 0 Å². The summed E-state index contributed by atoms with van der Waals surface area (Å²) < 4.78 is 0. The van der Waals surface area contributed by atoms with Gasteiger partial charge in [0.05, 0.1) is 13.3 Å². The Hall–Kier alpha value is -1.14. The first-order valence-electron chi connectivity index (χ1n) is 4.55. The first-order valence-corrected chi connectivity index (χ1v) is 4.55. The molecule has 6 nitrogen and oxygen atoms in total. The zero-order valence-electron chi connectivity index (χ0n) is 8.50. The smallest absolute Gasteiger partial charge is 0.220 e. The van der Waals surface area contributed by atoms with E-state index in [9.17, 15) is 14.8 Å². The molecule has 0 saturated heterocycles. The summed E-state index contributed by atoms with van der Waals surface area (Å²) >= 11 is 0. The maximum Gasteiger partial charge on any atom is 0.220 e. The van der Waals surface area contributed by atoms with Gasteiger partial charge in [-0.25, -0.2) is 0 Å². The van der Waals surface area contributed by atoms with Crippen molar-refractivity contribution in [3.05, 3.63) is 0 Å². The highest BCUT2D eigenvalue weighted by Crippen LogP contribution is 1.81. The second-order valence-electron chi connectivity index (χ2n) is 2.71. The van der Waals surface area contributed by atoms with Gasteiger partial charge in [-0.05, 0) is 0 Å². The Balaban J connectivity index is 3.50. The predicted molar refractivity (Wildman–Crippen MR) is 49.1 cm³/mol. The molecule has 0 aromatic heterocycles. The molecule has 0 bridgehead atoms. The Labute approximate surface area is 83.2 Å². The lowest BCUT2D eigenvalue weighted by molar-refractivity contribution is -0.171. The molecule has 6 heteroatoms. The first kappa shape index (κ1) is 12.9. The van der Waals surface area contributed by atoms with Gasteiger partial charge in [-0.2, -0.15) is 0 Å². The van der Waals surface area contributed by atoms with Gasteiger partial charge in [0.2, 0.25) is 11.8 Å². The molecule has 0 fully saturated rings. The van der Waals surface area contributed by atoms with Gasteiger partial charge in [-0.15, -0.1) is 10.3 Å². The molecule has 2 amide bonds. The number of nitrogens with one attached hydrogen (secondary N) is 2. The fraction of sp³-hybridized carbons (Fsp3) is 0.750. The third-order valence-electron chi connectivity index (χ3n) is 1.55. The summed E-state index contributed by atoms with van der Waals surface area (Å²) in [6.07, 6.45) is 0.685. The van der Waals surface area contributed by atoms with Gasteiger partial charge in [-0.1, -0.05) is 13.8 Å². The molecule has 0 unspecified atom stereocenters. The molecule has 0 rings (SSSR count). The minimum absolute atomic E-state index is 0.101. The van der Waals surface area contributed by atoms with Crippen LogP contribution >= 0.6 is 0 Å². The van der Waals surface area contributed by atoms with Crippen LogP contribution in [0.2, 0.25) is 0 Å². The van der Waals surface area contributed by atoms with Gasteiger partial charge < -0.3 is 10.6 Å². The Kier molecular flexibility index (Phi) is 6.69. The number of nitrogens with zero attached hydrogens (tertiary/aromatic N) is 1. The summed E-state index contributed by atoms with van der Waals surface area (Å²) in [5.74, 6) is -0.375. The van der Waals surface area contributed by atoms with E-state index in [0.717, 1.165) is 0 Å². The van der Waals surface area contributed by atoms with Gasteiger partial charge in [0.25, 0.3) is 0 Å². The number of amides is 2. The number of carbonyl (C=O) groups excluding carboxylic acids is 2. The molecule has 0 atom stereocenters. The van der Waals surface area contributed by atoms with E-state index in [1.807, 2.05) is 0 Å². The van der Waals surface area contributed by atoms with Gasteiger partial charge in [-0.3, -0.25) is 9.59 Å². The van der Waals surface area contributed by atoms with Gasteiger partial charge in [0.15, 0.2) is 0 Å². The average molecular weight is 202 g/mol. The number of rotatable bonds is 6. The minimum Gasteiger partial charge on any atom is -0.341 e. The molecule has 0 aliphatic rings. The van der Waals surface area contributed by atoms with Crippen LogP contribution in [0.3, 0.4) is 0 Å². The fourth-order valence-corrected chi connectivity index (χ4v) is 0.659. The average Bonchev–Trinajstić information content (AvgIpc) is 2.22. The van der Waals surface area contributed by atoms with Crippen molar-refractivity contribution in [1.82, 2.24) is 15.7 Å². The topological polar surface area (TPSA) is 81.3 Å². The molecular formula is C8H16N3O3. The van der Waals surface area contributed by atoms with Crippen LogP contribution in [0, 0.1) is 0 Å². The summed E-state index contributed by atoms with van der Waals surface area (Å²) in [7, 11) is 0. The molecule has 0 aromatic carbocycles. The number of carbonyl (C=O) groups is 2. The van der Waals surface area contributed by atoms with Crippen molar-refractivity contribution >= 4 is 11.8 Å². The van der Waals surface area contributed by atoms with E-state index in [0.29, 0.717) is 17.9 Å². The highest BCUT2D eigenvalue weighted by Gasteiger charge is 2.05. The molecule has 81 valence electrons. The summed E-state index contributed by atoms with van der Waals surface area (Å²) in [4.78, 5) is 21.5. The van der Waals surface area contributed by atoms with E-state index < -0.39 is 0 Å². The van der Waals surface area contributed by atoms with Crippen LogP contribution in [0.25, 0.3) is 0 Å². The van der Waals surface area contributed by atoms with Gasteiger partial charge >= 0.3 is 0 Å². The second-order valence-corrected chi connectivity index (χ2v) is 2.71. The Morgan fingerprint density at radius 3 is 1.64 bits per heavy atom. The van der Waals surface area contributed by atoms with Crippen LogP contribution < -0.4 is 10.6 Å². The monoisotopic (exact) mass is 202 g/mol. The maximum absolute atomic E-state index is 11.0. The summed E-state index contributed by atoms with van der Waals surface area (Å²) in [5.41, 5.74) is 0. The van der Waals surface area contributed by atoms with E-state index in [-0.39, 0.29) is 25.2 Å². The molecule has 0 aromatic rings. The van der Waals surface area contributed by atoms with Crippen LogP contribution in [0.4, 0.5) is 0 Å². The highest BCUT2D eigenvalue weighted by molar-refractivity contribution is 5.75. The molecule has 1 radical (unpaired) electrons. The maximum atomic E-state index is 11.0. The van der Waals surface area contributed by atoms with E-state index in [1.54, 1.807) is 13.8 Å². The molecule has 14 heavy (non-hydrogen) atoms. The van der Waals surface area contributed by atoms with Crippen molar-refractivity contribution in [3.63, 3.8) is 0 Å². The van der Waals surface area contributed by atoms with Crippen LogP contribution in [-0.2, 0) is 14.8 Å². The second kappa shape index (κ2) is 7.28. The Morgan fingerprint density at radius 2 is 1.36 bits per heavy atom. The summed E-state index contributed by atoms with van der Waals surface area (Å²) in [5, 5.41) is 16.3. The lowest BCUT2D eigenvalue weighted by atomic mass is 10.4. The number of hydrogen-bond donors (Lipinski definition) is 2. The van der Waals surface area contributed by atoms with Crippen molar-refractivity contribution in [2.45, 2.75) is 26.7 Å². The van der Waals surface area contributed by atoms with Gasteiger partial charge in [0.1, 0.15) is 0 Å². The zero-order chi connectivity index (χ0) is 11.0. The lowest BCUT2D eigenvalue weighted by Crippen LogP contribution is -2.41. The van der Waals surface area contributed by atoms with E-state index in [2.05, 4.69) is 10.6 Å². The van der Waals surface area contributed by atoms with E-state index >= 15 is 0 Å². The van der Waals surface area contributed by atoms with Crippen LogP contribution in [-0.4, -0.2) is 30.2 Å². The quantitative estimate of drug-likeness (QED) is 0.454. The fourth-order valence-electron chi connectivity index (χ4n) is 0.659. The number of hydroxylamine groups is 2. The van der Waals surface area contributed by atoms with Crippen molar-refractivity contribution in [1.29, 1.82) is 0 Å². The normalized spacial score (nSPS) is 10.0. The SMILES string of the molecule is CCC(=O)NCN([O])CNC(=O)CC. The van der Waals surface area contributed by atoms with Crippen molar-refractivity contribution in [3.8, 4) is 0 Å². The van der Waals surface area contributed by atoms with Crippen LogP contribution in [0.15, 0.2) is 0 Å². The standard InChI is InChI=1S/C8H16N3O3/c1-3-7(12)9-5-11(14)6-10-8(13)4-2/h3-6H2,1-2H3,(H,9,12)(H,10,13). The molecule has 0 spiro atoms. The zero-order valence-corrected chi connectivity index (χ0v) is 8.50. The highest BCUT2D eigenvalue weighted by atomic mass is 16.5. The number of hydrogen-bond acceptors (Lipinski definition) is 3. The van der Waals surface area contributed by atoms with E-state index in [4.69, 9.17) is 0 Å². The van der Waals surface area contributed by atoms with Crippen molar-refractivity contribution in [2.24, 2.45) is 0 Å². The molecule has 0 aliphatic carbocycles. The predicted octanol–water partition coefficient (Wildman–Crippen LogP) is -0.399. The van der Waals surface area contributed by atoms with Gasteiger partial charge in [0, 0.05) is 12.8 Å². The van der Waals surface area contributed by atoms with Crippen LogP contribution in [0.1, 0.15) is 26.7 Å². The molecule has 2 N–H and O–H groups in total. The largest absolute Gasteiger partial charge is 0.341 e. The molecular weight excluding hydrogens is 186 g/mol. The first-order chi connectivity index (χ1) is 6.60. The molecule has 0 heterocycles. The minimum atomic E-state index is -0.187. The van der Waals surface area contributed by atoms with E-state index in [1.165, 1.54) is 0 Å². The summed E-state index contributed by atoms with van der Waals surface area (Å²) in [6.45, 7) is 3.19. The van der Waals surface area contributed by atoms with Crippen molar-refractivity contribution < 1.29 is 14.8 Å². The molecule has 0 saturated carbocycles.